The van der Waals surface area contributed by atoms with Gasteiger partial charge in [-0.1, -0.05) is 0 Å². The smallest absolute Gasteiger partial charge is 0.254 e. The molecule has 0 saturated carbocycles. The van der Waals surface area contributed by atoms with Gasteiger partial charge in [0, 0.05) is 29.8 Å². The lowest BCUT2D eigenvalue weighted by Crippen LogP contribution is -2.29. The number of nitrogens with zero attached hydrogens (tertiary/aromatic N) is 5. The van der Waals surface area contributed by atoms with Crippen molar-refractivity contribution in [2.45, 2.75) is 32.7 Å². The highest BCUT2D eigenvalue weighted by Crippen LogP contribution is 2.39. The molecule has 0 N–H and O–H groups in total. The largest absolute Gasteiger partial charge is 0.494 e. The molecule has 1 saturated heterocycles. The fourth-order valence-corrected chi connectivity index (χ4v) is 3.64. The van der Waals surface area contributed by atoms with Crippen LogP contribution in [0.15, 0.2) is 18.5 Å². The first kappa shape index (κ1) is 16.7. The summed E-state index contributed by atoms with van der Waals surface area (Å²) in [7, 11) is 1.31. The molecular weight excluding hydrogens is 340 g/mol. The Balaban J connectivity index is 2.04. The second-order valence-electron chi connectivity index (χ2n) is 6.52. The first-order valence-corrected chi connectivity index (χ1v) is 8.51. The molecule has 0 bridgehead atoms. The van der Waals surface area contributed by atoms with Gasteiger partial charge in [-0.05, 0) is 32.8 Å². The summed E-state index contributed by atoms with van der Waals surface area (Å²) in [6.07, 6.45) is 3.47. The van der Waals surface area contributed by atoms with E-state index in [1.165, 1.54) is 13.4 Å². The SMILES string of the molecule is COc1cc(F)c(-c2c(C)nc3ncnn3c2N2CCCC2C)cc1F. The van der Waals surface area contributed by atoms with Crippen LogP contribution in [-0.2, 0) is 0 Å². The van der Waals surface area contributed by atoms with Crippen LogP contribution < -0.4 is 9.64 Å². The molecule has 3 heterocycles. The minimum atomic E-state index is -0.623. The normalized spacial score (nSPS) is 17.3. The summed E-state index contributed by atoms with van der Waals surface area (Å²) < 4.78 is 35.6. The second kappa shape index (κ2) is 6.19. The van der Waals surface area contributed by atoms with Crippen molar-refractivity contribution in [1.29, 1.82) is 0 Å². The number of aryl methyl sites for hydroxylation is 1. The third kappa shape index (κ3) is 2.48. The van der Waals surface area contributed by atoms with E-state index in [1.54, 1.807) is 11.4 Å². The fourth-order valence-electron chi connectivity index (χ4n) is 3.64. The van der Waals surface area contributed by atoms with Crippen LogP contribution >= 0.6 is 0 Å². The summed E-state index contributed by atoms with van der Waals surface area (Å²) in [6, 6.07) is 2.48. The lowest BCUT2D eigenvalue weighted by Gasteiger charge is -2.27. The third-order valence-electron chi connectivity index (χ3n) is 4.92. The number of ether oxygens (including phenoxy) is 1. The number of anilines is 1. The molecule has 1 fully saturated rings. The molecule has 6 nitrogen and oxygen atoms in total. The predicted molar refractivity (Wildman–Crippen MR) is 93.5 cm³/mol. The Labute approximate surface area is 149 Å². The van der Waals surface area contributed by atoms with Crippen molar-refractivity contribution in [3.63, 3.8) is 0 Å². The highest BCUT2D eigenvalue weighted by Gasteiger charge is 2.29. The lowest BCUT2D eigenvalue weighted by molar-refractivity contribution is 0.383. The molecule has 3 aromatic rings. The van der Waals surface area contributed by atoms with Gasteiger partial charge in [-0.25, -0.2) is 13.8 Å². The van der Waals surface area contributed by atoms with Crippen molar-refractivity contribution >= 4 is 11.6 Å². The van der Waals surface area contributed by atoms with Crippen LogP contribution in [0.5, 0.6) is 5.75 Å². The Morgan fingerprint density at radius 1 is 1.23 bits per heavy atom. The van der Waals surface area contributed by atoms with E-state index in [9.17, 15) is 8.78 Å². The molecule has 2 aromatic heterocycles. The van der Waals surface area contributed by atoms with E-state index in [2.05, 4.69) is 26.9 Å². The van der Waals surface area contributed by atoms with Crippen LogP contribution in [0.25, 0.3) is 16.9 Å². The summed E-state index contributed by atoms with van der Waals surface area (Å²) in [4.78, 5) is 10.7. The van der Waals surface area contributed by atoms with Gasteiger partial charge in [0.05, 0.1) is 12.8 Å². The molecule has 0 amide bonds. The maximum absolute atomic E-state index is 14.8. The Hall–Kier alpha value is -2.77. The van der Waals surface area contributed by atoms with E-state index < -0.39 is 11.6 Å². The maximum atomic E-state index is 14.8. The molecule has 1 aromatic carbocycles. The van der Waals surface area contributed by atoms with Crippen molar-refractivity contribution in [1.82, 2.24) is 19.6 Å². The van der Waals surface area contributed by atoms with Gasteiger partial charge in [0.15, 0.2) is 11.6 Å². The number of halogens is 2. The molecule has 26 heavy (non-hydrogen) atoms. The van der Waals surface area contributed by atoms with E-state index in [0.29, 0.717) is 22.9 Å². The van der Waals surface area contributed by atoms with Gasteiger partial charge in [-0.3, -0.25) is 0 Å². The zero-order valence-electron chi connectivity index (χ0n) is 14.8. The number of methoxy groups -OCH3 is 1. The van der Waals surface area contributed by atoms with Crippen molar-refractivity contribution < 1.29 is 13.5 Å². The summed E-state index contributed by atoms with van der Waals surface area (Å²) in [5.74, 6) is -0.189. The van der Waals surface area contributed by atoms with E-state index >= 15 is 0 Å². The number of benzene rings is 1. The molecular formula is C18H19F2N5O. The summed E-state index contributed by atoms with van der Waals surface area (Å²) in [5.41, 5.74) is 1.23. The van der Waals surface area contributed by atoms with Crippen LogP contribution in [0.4, 0.5) is 14.6 Å². The topological polar surface area (TPSA) is 55.6 Å². The molecule has 136 valence electrons. The Morgan fingerprint density at radius 2 is 2.04 bits per heavy atom. The minimum Gasteiger partial charge on any atom is -0.494 e. The summed E-state index contributed by atoms with van der Waals surface area (Å²) in [5, 5.41) is 4.27. The van der Waals surface area contributed by atoms with Crippen molar-refractivity contribution in [3.05, 3.63) is 35.8 Å². The van der Waals surface area contributed by atoms with Gasteiger partial charge >= 0.3 is 0 Å². The lowest BCUT2D eigenvalue weighted by atomic mass is 10.0. The molecule has 1 aliphatic heterocycles. The van der Waals surface area contributed by atoms with Gasteiger partial charge in [0.2, 0.25) is 0 Å². The molecule has 0 aliphatic carbocycles. The standard InChI is InChI=1S/C18H19F2N5O/c1-10-5-4-6-24(10)17-16(11(2)23-18-21-9-22-25(17)18)12-7-14(20)15(26-3)8-13(12)19/h7-10H,4-6H2,1-3H3. The van der Waals surface area contributed by atoms with Crippen LogP contribution in [-0.4, -0.2) is 39.3 Å². The van der Waals surface area contributed by atoms with Crippen molar-refractivity contribution in [2.75, 3.05) is 18.6 Å². The molecule has 0 radical (unpaired) electrons. The Bertz CT molecular complexity index is 987. The second-order valence-corrected chi connectivity index (χ2v) is 6.52. The summed E-state index contributed by atoms with van der Waals surface area (Å²) >= 11 is 0. The van der Waals surface area contributed by atoms with Crippen LogP contribution in [0.3, 0.4) is 0 Å². The first-order chi connectivity index (χ1) is 12.5. The first-order valence-electron chi connectivity index (χ1n) is 8.51. The zero-order chi connectivity index (χ0) is 18.4. The number of aromatic nitrogens is 4. The van der Waals surface area contributed by atoms with Crippen molar-refractivity contribution in [3.8, 4) is 16.9 Å². The van der Waals surface area contributed by atoms with Gasteiger partial charge in [0.25, 0.3) is 5.78 Å². The highest BCUT2D eigenvalue weighted by atomic mass is 19.1. The van der Waals surface area contributed by atoms with Crippen molar-refractivity contribution in [2.24, 2.45) is 0 Å². The highest BCUT2D eigenvalue weighted by molar-refractivity contribution is 5.80. The molecule has 0 spiro atoms. The Morgan fingerprint density at radius 3 is 2.73 bits per heavy atom. The monoisotopic (exact) mass is 359 g/mol. The number of fused-ring (bicyclic) bond motifs is 1. The maximum Gasteiger partial charge on any atom is 0.254 e. The Kier molecular flexibility index (Phi) is 3.97. The van der Waals surface area contributed by atoms with E-state index in [1.807, 2.05) is 0 Å². The van der Waals surface area contributed by atoms with E-state index in [-0.39, 0.29) is 17.4 Å². The average molecular weight is 359 g/mol. The molecule has 1 atom stereocenters. The van der Waals surface area contributed by atoms with Gasteiger partial charge in [0.1, 0.15) is 18.0 Å². The van der Waals surface area contributed by atoms with Crippen LogP contribution in [0.2, 0.25) is 0 Å². The van der Waals surface area contributed by atoms with Gasteiger partial charge in [-0.15, -0.1) is 0 Å². The number of rotatable bonds is 3. The quantitative estimate of drug-likeness (QED) is 0.718. The zero-order valence-corrected chi connectivity index (χ0v) is 14.8. The van der Waals surface area contributed by atoms with E-state index in [0.717, 1.165) is 31.5 Å². The number of hydrogen-bond donors (Lipinski definition) is 0. The fraction of sp³-hybridized carbons (Fsp3) is 0.389. The van der Waals surface area contributed by atoms with Crippen LogP contribution in [0, 0.1) is 18.6 Å². The molecule has 8 heteroatoms. The number of hydrogen-bond acceptors (Lipinski definition) is 5. The average Bonchev–Trinajstić information content (AvgIpc) is 3.24. The summed E-state index contributed by atoms with van der Waals surface area (Å²) in [6.45, 7) is 4.70. The predicted octanol–water partition coefficient (Wildman–Crippen LogP) is 3.38. The minimum absolute atomic E-state index is 0.130. The molecule has 4 rings (SSSR count). The van der Waals surface area contributed by atoms with Crippen LogP contribution in [0.1, 0.15) is 25.5 Å². The molecule has 1 unspecified atom stereocenters. The molecule has 1 aliphatic rings. The van der Waals surface area contributed by atoms with Gasteiger partial charge in [-0.2, -0.15) is 14.6 Å². The van der Waals surface area contributed by atoms with E-state index in [4.69, 9.17) is 4.74 Å². The van der Waals surface area contributed by atoms with Gasteiger partial charge < -0.3 is 9.64 Å². The third-order valence-corrected chi connectivity index (χ3v) is 4.92.